The molecule has 0 aromatic heterocycles. The second-order valence-corrected chi connectivity index (χ2v) is 12.6. The molecule has 5 aromatic carbocycles. The quantitative estimate of drug-likeness (QED) is 0.138. The van der Waals surface area contributed by atoms with E-state index in [0.717, 1.165) is 51.8 Å². The maximum Gasteiger partial charge on any atom is -0.00662 e. The summed E-state index contributed by atoms with van der Waals surface area (Å²) in [6.45, 7) is 22.2. The third-order valence-corrected chi connectivity index (χ3v) is 9.10. The third-order valence-electron chi connectivity index (χ3n) is 9.10. The molecule has 6 rings (SSSR count). The largest absolute Gasteiger partial charge is 0.0984 e. The highest BCUT2D eigenvalue weighted by molar-refractivity contribution is 6.13. The third kappa shape index (κ3) is 5.85. The molecule has 220 valence electrons. The van der Waals surface area contributed by atoms with Gasteiger partial charge in [0, 0.05) is 0 Å². The summed E-state index contributed by atoms with van der Waals surface area (Å²) in [4.78, 5) is 0. The van der Waals surface area contributed by atoms with E-state index in [4.69, 9.17) is 0 Å². The van der Waals surface area contributed by atoms with Crippen LogP contribution in [-0.4, -0.2) is 0 Å². The molecule has 0 radical (unpaired) electrons. The van der Waals surface area contributed by atoms with Crippen molar-refractivity contribution in [2.45, 2.75) is 26.7 Å². The Labute approximate surface area is 268 Å². The molecule has 0 unspecified atom stereocenters. The van der Waals surface area contributed by atoms with Gasteiger partial charge in [0.05, 0.1) is 0 Å². The lowest BCUT2D eigenvalue weighted by atomic mass is 9.75. The smallest absolute Gasteiger partial charge is 0.00662 e. The van der Waals surface area contributed by atoms with E-state index in [1.54, 1.807) is 0 Å². The van der Waals surface area contributed by atoms with Crippen LogP contribution in [-0.2, 0) is 0 Å². The molecular weight excluding hydrogens is 540 g/mol. The zero-order valence-corrected chi connectivity index (χ0v) is 26.4. The van der Waals surface area contributed by atoms with Gasteiger partial charge in [-0.3, -0.25) is 0 Å². The predicted octanol–water partition coefficient (Wildman–Crippen LogP) is 13.0. The monoisotopic (exact) mass is 580 g/mol. The predicted molar refractivity (Wildman–Crippen MR) is 199 cm³/mol. The number of hydrogen-bond donors (Lipinski definition) is 0. The van der Waals surface area contributed by atoms with Crippen LogP contribution in [0.15, 0.2) is 170 Å². The summed E-state index contributed by atoms with van der Waals surface area (Å²) in [5.41, 5.74) is 10.9. The van der Waals surface area contributed by atoms with Crippen molar-refractivity contribution in [3.63, 3.8) is 0 Å². The molecule has 0 amide bonds. The summed E-state index contributed by atoms with van der Waals surface area (Å²) in [7, 11) is 0. The van der Waals surface area contributed by atoms with Crippen LogP contribution >= 0.6 is 0 Å². The van der Waals surface area contributed by atoms with Gasteiger partial charge in [-0.2, -0.15) is 0 Å². The molecule has 0 aliphatic heterocycles. The van der Waals surface area contributed by atoms with Gasteiger partial charge < -0.3 is 0 Å². The van der Waals surface area contributed by atoms with E-state index >= 15 is 0 Å². The average Bonchev–Trinajstić information content (AvgIpc) is 3.12. The average molecular weight is 581 g/mol. The Balaban J connectivity index is 1.36. The summed E-state index contributed by atoms with van der Waals surface area (Å²) < 4.78 is 0. The highest BCUT2D eigenvalue weighted by Gasteiger charge is 2.25. The Morgan fingerprint density at radius 3 is 2.09 bits per heavy atom. The normalized spacial score (nSPS) is 16.9. The molecule has 0 bridgehead atoms. The van der Waals surface area contributed by atoms with Crippen molar-refractivity contribution in [2.24, 2.45) is 5.41 Å². The number of hydrogen-bond acceptors (Lipinski definition) is 0. The summed E-state index contributed by atoms with van der Waals surface area (Å²) in [6, 6.07) is 34.9. The zero-order chi connectivity index (χ0) is 31.6. The molecule has 5 aromatic rings. The van der Waals surface area contributed by atoms with Gasteiger partial charge in [0.15, 0.2) is 0 Å². The molecule has 0 N–H and O–H groups in total. The molecular formula is C45H40. The molecule has 0 heteroatoms. The van der Waals surface area contributed by atoms with Crippen LogP contribution in [0.5, 0.6) is 0 Å². The van der Waals surface area contributed by atoms with Crippen molar-refractivity contribution in [3.05, 3.63) is 182 Å². The van der Waals surface area contributed by atoms with Gasteiger partial charge in [-0.25, -0.2) is 0 Å². The van der Waals surface area contributed by atoms with E-state index in [1.807, 2.05) is 6.08 Å². The zero-order valence-electron chi connectivity index (χ0n) is 26.4. The maximum absolute atomic E-state index is 4.53. The maximum atomic E-state index is 4.53. The Bertz CT molecular complexity index is 2070. The highest BCUT2D eigenvalue weighted by Crippen LogP contribution is 2.41. The summed E-state index contributed by atoms with van der Waals surface area (Å²) in [5, 5.41) is 5.07. The first-order valence-electron chi connectivity index (χ1n) is 15.7. The Morgan fingerprint density at radius 1 is 0.711 bits per heavy atom. The molecule has 0 nitrogen and oxygen atoms in total. The molecule has 45 heavy (non-hydrogen) atoms. The number of fused-ring (bicyclic) bond motifs is 3. The van der Waals surface area contributed by atoms with E-state index in [9.17, 15) is 0 Å². The topological polar surface area (TPSA) is 0 Å². The SMILES string of the molecule is C=Cc1c(C(=C)C(=C)/C=C2\C(=C)C/C=C\C=C/CC2(C)C)cccc1-c1ccc(-c2cc3ccccc3c3ccccc23)cc1. The Hall–Kier alpha value is -5.20. The fourth-order valence-corrected chi connectivity index (χ4v) is 6.58. The van der Waals surface area contributed by atoms with Crippen LogP contribution in [0.4, 0.5) is 0 Å². The fourth-order valence-electron chi connectivity index (χ4n) is 6.58. The van der Waals surface area contributed by atoms with Crippen molar-refractivity contribution < 1.29 is 0 Å². The summed E-state index contributed by atoms with van der Waals surface area (Å²) in [6.07, 6.45) is 14.5. The minimum absolute atomic E-state index is 0.0654. The van der Waals surface area contributed by atoms with Crippen molar-refractivity contribution in [3.8, 4) is 22.3 Å². The standard InChI is InChI=1S/C45H40/c1-7-37-38(33(4)32(3)29-44-31(2)17-10-8-9-15-28-45(44,5)6)22-16-23-39(37)34-24-26-35(27-25-34)43-30-36-18-11-12-19-40(36)41-20-13-14-21-42(41)43/h7-16,18-27,29-30H,1-4,17,28H2,5-6H3/b10-8-,15-9-,44-29+. The van der Waals surface area contributed by atoms with Crippen molar-refractivity contribution in [2.75, 3.05) is 0 Å². The molecule has 1 aliphatic rings. The van der Waals surface area contributed by atoms with Gasteiger partial charge >= 0.3 is 0 Å². The second kappa shape index (κ2) is 12.4. The van der Waals surface area contributed by atoms with Gasteiger partial charge in [-0.1, -0.05) is 168 Å². The minimum atomic E-state index is -0.0654. The van der Waals surface area contributed by atoms with Crippen molar-refractivity contribution in [1.82, 2.24) is 0 Å². The Morgan fingerprint density at radius 2 is 1.36 bits per heavy atom. The first-order valence-corrected chi connectivity index (χ1v) is 15.7. The van der Waals surface area contributed by atoms with Crippen LogP contribution in [0.3, 0.4) is 0 Å². The van der Waals surface area contributed by atoms with Gasteiger partial charge in [-0.15, -0.1) is 0 Å². The van der Waals surface area contributed by atoms with E-state index in [1.165, 1.54) is 38.2 Å². The minimum Gasteiger partial charge on any atom is -0.0984 e. The first-order chi connectivity index (χ1) is 21.8. The van der Waals surface area contributed by atoms with E-state index < -0.39 is 0 Å². The number of rotatable bonds is 6. The highest BCUT2D eigenvalue weighted by atomic mass is 14.3. The van der Waals surface area contributed by atoms with Gasteiger partial charge in [-0.05, 0) is 102 Å². The van der Waals surface area contributed by atoms with Gasteiger partial charge in [0.1, 0.15) is 0 Å². The molecule has 0 atom stereocenters. The molecule has 1 aliphatic carbocycles. The van der Waals surface area contributed by atoms with Crippen LogP contribution in [0.25, 0.3) is 55.4 Å². The Kier molecular flexibility index (Phi) is 8.24. The first kappa shape index (κ1) is 29.9. The van der Waals surface area contributed by atoms with Gasteiger partial charge in [0.25, 0.3) is 0 Å². The van der Waals surface area contributed by atoms with E-state index in [-0.39, 0.29) is 5.41 Å². The van der Waals surface area contributed by atoms with Crippen LogP contribution in [0, 0.1) is 5.41 Å². The second-order valence-electron chi connectivity index (χ2n) is 12.6. The van der Waals surface area contributed by atoms with Crippen LogP contribution in [0.1, 0.15) is 37.8 Å². The molecule has 0 heterocycles. The summed E-state index contributed by atoms with van der Waals surface area (Å²) >= 11 is 0. The van der Waals surface area contributed by atoms with Crippen molar-refractivity contribution >= 4 is 33.2 Å². The summed E-state index contributed by atoms with van der Waals surface area (Å²) in [5.74, 6) is 0. The van der Waals surface area contributed by atoms with Gasteiger partial charge in [0.2, 0.25) is 0 Å². The molecule has 0 spiro atoms. The van der Waals surface area contributed by atoms with Crippen LogP contribution < -0.4 is 0 Å². The lowest BCUT2D eigenvalue weighted by Crippen LogP contribution is -2.15. The lowest BCUT2D eigenvalue weighted by Gasteiger charge is -2.29. The van der Waals surface area contributed by atoms with E-state index in [0.29, 0.717) is 0 Å². The number of benzene rings is 5. The fraction of sp³-hybridized carbons (Fsp3) is 0.111. The molecule has 0 fully saturated rings. The lowest BCUT2D eigenvalue weighted by molar-refractivity contribution is 0.458. The van der Waals surface area contributed by atoms with E-state index in [2.05, 4.69) is 168 Å². The van der Waals surface area contributed by atoms with Crippen LogP contribution in [0.2, 0.25) is 0 Å². The molecule has 0 saturated heterocycles. The number of allylic oxidation sites excluding steroid dienone is 9. The van der Waals surface area contributed by atoms with Crippen molar-refractivity contribution in [1.29, 1.82) is 0 Å². The molecule has 0 saturated carbocycles.